The molecule has 0 saturated carbocycles. The molecule has 2 heterocycles. The van der Waals surface area contributed by atoms with Crippen LogP contribution in [-0.4, -0.2) is 21.1 Å². The second-order valence-electron chi connectivity index (χ2n) is 4.77. The Morgan fingerprint density at radius 1 is 1.10 bits per heavy atom. The van der Waals surface area contributed by atoms with Gasteiger partial charge in [0, 0.05) is 6.54 Å². The first-order valence-corrected chi connectivity index (χ1v) is 6.97. The molecule has 0 amide bonds. The minimum Gasteiger partial charge on any atom is -0.311 e. The summed E-state index contributed by atoms with van der Waals surface area (Å²) in [5.41, 5.74) is 3.12. The molecule has 0 fully saturated rings. The number of hydrogen-bond acceptors (Lipinski definition) is 3. The number of aromatic nitrogens is 3. The molecule has 0 aliphatic rings. The van der Waals surface area contributed by atoms with Crippen LogP contribution in [-0.2, 0) is 6.54 Å². The average molecular weight is 266 g/mol. The zero-order valence-electron chi connectivity index (χ0n) is 11.6. The van der Waals surface area contributed by atoms with Gasteiger partial charge >= 0.3 is 0 Å². The number of imidazole rings is 1. The van der Waals surface area contributed by atoms with Gasteiger partial charge in [0.1, 0.15) is 12.1 Å². The highest BCUT2D eigenvalue weighted by Crippen LogP contribution is 2.16. The zero-order chi connectivity index (χ0) is 13.8. The zero-order valence-corrected chi connectivity index (χ0v) is 11.6. The van der Waals surface area contributed by atoms with E-state index in [-0.39, 0.29) is 0 Å². The largest absolute Gasteiger partial charge is 0.311 e. The standard InChI is InChI=1S/C16H18N4/c1-2-10-17-11-13-6-5-9-16(19-13)20-12-18-14-7-3-4-8-15(14)20/h3-9,12,17H,2,10-11H2,1H3. The first-order chi connectivity index (χ1) is 9.88. The molecule has 0 atom stereocenters. The van der Waals surface area contributed by atoms with Crippen molar-refractivity contribution in [2.24, 2.45) is 0 Å². The summed E-state index contributed by atoms with van der Waals surface area (Å²) in [4.78, 5) is 9.11. The molecular weight excluding hydrogens is 248 g/mol. The number of nitrogens with zero attached hydrogens (tertiary/aromatic N) is 3. The second kappa shape index (κ2) is 5.84. The fraction of sp³-hybridized carbons (Fsp3) is 0.250. The van der Waals surface area contributed by atoms with Crippen LogP contribution >= 0.6 is 0 Å². The maximum absolute atomic E-state index is 4.70. The number of benzene rings is 1. The first-order valence-electron chi connectivity index (χ1n) is 6.97. The number of hydrogen-bond donors (Lipinski definition) is 1. The Morgan fingerprint density at radius 3 is 2.90 bits per heavy atom. The normalized spacial score (nSPS) is 11.1. The van der Waals surface area contributed by atoms with Gasteiger partial charge in [-0.05, 0) is 37.2 Å². The molecule has 1 aromatic carbocycles. The molecular formula is C16H18N4. The monoisotopic (exact) mass is 266 g/mol. The van der Waals surface area contributed by atoms with Crippen LogP contribution in [0.25, 0.3) is 16.9 Å². The summed E-state index contributed by atoms with van der Waals surface area (Å²) in [5.74, 6) is 0.912. The summed E-state index contributed by atoms with van der Waals surface area (Å²) >= 11 is 0. The third kappa shape index (κ3) is 2.56. The van der Waals surface area contributed by atoms with E-state index in [0.29, 0.717) is 0 Å². The van der Waals surface area contributed by atoms with Crippen molar-refractivity contribution in [3.05, 3.63) is 54.5 Å². The fourth-order valence-corrected chi connectivity index (χ4v) is 2.23. The van der Waals surface area contributed by atoms with Crippen molar-refractivity contribution in [3.8, 4) is 5.82 Å². The number of pyridine rings is 1. The third-order valence-electron chi connectivity index (χ3n) is 3.23. The van der Waals surface area contributed by atoms with E-state index in [2.05, 4.69) is 23.3 Å². The molecule has 0 radical (unpaired) electrons. The van der Waals surface area contributed by atoms with Crippen molar-refractivity contribution in [1.29, 1.82) is 0 Å². The van der Waals surface area contributed by atoms with E-state index < -0.39 is 0 Å². The molecule has 20 heavy (non-hydrogen) atoms. The average Bonchev–Trinajstić information content (AvgIpc) is 2.92. The molecule has 1 N–H and O–H groups in total. The molecule has 0 aliphatic carbocycles. The summed E-state index contributed by atoms with van der Waals surface area (Å²) in [6.45, 7) is 3.97. The highest BCUT2D eigenvalue weighted by Gasteiger charge is 2.05. The minimum atomic E-state index is 0.800. The number of fused-ring (bicyclic) bond motifs is 1. The van der Waals surface area contributed by atoms with E-state index in [1.54, 1.807) is 0 Å². The van der Waals surface area contributed by atoms with E-state index in [9.17, 15) is 0 Å². The van der Waals surface area contributed by atoms with Gasteiger partial charge < -0.3 is 5.32 Å². The molecule has 0 saturated heterocycles. The quantitative estimate of drug-likeness (QED) is 0.722. The SMILES string of the molecule is CCCNCc1cccc(-n2cnc3ccccc32)n1. The van der Waals surface area contributed by atoms with Crippen molar-refractivity contribution in [3.63, 3.8) is 0 Å². The van der Waals surface area contributed by atoms with Gasteiger partial charge in [0.25, 0.3) is 0 Å². The van der Waals surface area contributed by atoms with E-state index in [0.717, 1.165) is 42.1 Å². The van der Waals surface area contributed by atoms with Gasteiger partial charge in [0.05, 0.1) is 16.7 Å². The van der Waals surface area contributed by atoms with Crippen molar-refractivity contribution < 1.29 is 0 Å². The van der Waals surface area contributed by atoms with Crippen LogP contribution in [0, 0.1) is 0 Å². The van der Waals surface area contributed by atoms with Crippen LogP contribution in [0.3, 0.4) is 0 Å². The number of rotatable bonds is 5. The van der Waals surface area contributed by atoms with Gasteiger partial charge in [-0.2, -0.15) is 0 Å². The molecule has 3 rings (SSSR count). The maximum atomic E-state index is 4.70. The topological polar surface area (TPSA) is 42.7 Å². The van der Waals surface area contributed by atoms with E-state index in [1.165, 1.54) is 0 Å². The van der Waals surface area contributed by atoms with Gasteiger partial charge in [0.15, 0.2) is 0 Å². The highest BCUT2D eigenvalue weighted by molar-refractivity contribution is 5.76. The summed E-state index contributed by atoms with van der Waals surface area (Å²) in [5, 5.41) is 3.37. The number of nitrogens with one attached hydrogen (secondary N) is 1. The number of para-hydroxylation sites is 2. The molecule has 4 heteroatoms. The van der Waals surface area contributed by atoms with Gasteiger partial charge in [-0.25, -0.2) is 9.97 Å². The van der Waals surface area contributed by atoms with Crippen LogP contribution in [0.1, 0.15) is 19.0 Å². The highest BCUT2D eigenvalue weighted by atomic mass is 15.1. The van der Waals surface area contributed by atoms with Crippen molar-refractivity contribution in [2.75, 3.05) is 6.54 Å². The van der Waals surface area contributed by atoms with Crippen LogP contribution in [0.15, 0.2) is 48.8 Å². The molecule has 3 aromatic rings. The van der Waals surface area contributed by atoms with Gasteiger partial charge in [-0.1, -0.05) is 25.1 Å². The Hall–Kier alpha value is -2.20. The molecule has 2 aromatic heterocycles. The minimum absolute atomic E-state index is 0.800. The van der Waals surface area contributed by atoms with Crippen molar-refractivity contribution >= 4 is 11.0 Å². The van der Waals surface area contributed by atoms with E-state index in [4.69, 9.17) is 4.98 Å². The summed E-state index contributed by atoms with van der Waals surface area (Å²) in [6, 6.07) is 14.2. The second-order valence-corrected chi connectivity index (χ2v) is 4.77. The molecule has 102 valence electrons. The Labute approximate surface area is 118 Å². The lowest BCUT2D eigenvalue weighted by Crippen LogP contribution is -2.15. The van der Waals surface area contributed by atoms with Gasteiger partial charge in [0.2, 0.25) is 0 Å². The Bertz CT molecular complexity index is 702. The van der Waals surface area contributed by atoms with Crippen molar-refractivity contribution in [1.82, 2.24) is 19.9 Å². The lowest BCUT2D eigenvalue weighted by atomic mass is 10.3. The smallest absolute Gasteiger partial charge is 0.138 e. The summed E-state index contributed by atoms with van der Waals surface area (Å²) < 4.78 is 2.03. The van der Waals surface area contributed by atoms with Crippen molar-refractivity contribution in [2.45, 2.75) is 19.9 Å². The Balaban J connectivity index is 1.92. The molecule has 0 aliphatic heterocycles. The summed E-state index contributed by atoms with van der Waals surface area (Å²) in [6.07, 6.45) is 2.96. The molecule has 0 bridgehead atoms. The Morgan fingerprint density at radius 2 is 2.00 bits per heavy atom. The van der Waals surface area contributed by atoms with Crippen LogP contribution in [0.2, 0.25) is 0 Å². The van der Waals surface area contributed by atoms with E-state index >= 15 is 0 Å². The van der Waals surface area contributed by atoms with Crippen LogP contribution < -0.4 is 5.32 Å². The predicted octanol–water partition coefficient (Wildman–Crippen LogP) is 2.92. The third-order valence-corrected chi connectivity index (χ3v) is 3.23. The molecule has 0 spiro atoms. The predicted molar refractivity (Wildman–Crippen MR) is 80.9 cm³/mol. The fourth-order valence-electron chi connectivity index (χ4n) is 2.23. The molecule has 0 unspecified atom stereocenters. The van der Waals surface area contributed by atoms with Crippen LogP contribution in [0.4, 0.5) is 0 Å². The maximum Gasteiger partial charge on any atom is 0.138 e. The Kier molecular flexibility index (Phi) is 3.74. The summed E-state index contributed by atoms with van der Waals surface area (Å²) in [7, 11) is 0. The lowest BCUT2D eigenvalue weighted by molar-refractivity contribution is 0.663. The van der Waals surface area contributed by atoms with Gasteiger partial charge in [-0.3, -0.25) is 4.57 Å². The van der Waals surface area contributed by atoms with Gasteiger partial charge in [-0.15, -0.1) is 0 Å². The van der Waals surface area contributed by atoms with Crippen LogP contribution in [0.5, 0.6) is 0 Å². The molecule has 4 nitrogen and oxygen atoms in total. The lowest BCUT2D eigenvalue weighted by Gasteiger charge is -2.07. The first kappa shape index (κ1) is 12.8. The van der Waals surface area contributed by atoms with E-state index in [1.807, 2.05) is 47.3 Å².